The van der Waals surface area contributed by atoms with Crippen LogP contribution in [0.15, 0.2) is 24.3 Å². The molecule has 0 radical (unpaired) electrons. The van der Waals surface area contributed by atoms with Gasteiger partial charge in [-0.05, 0) is 32.0 Å². The summed E-state index contributed by atoms with van der Waals surface area (Å²) in [6.07, 6.45) is 0. The summed E-state index contributed by atoms with van der Waals surface area (Å²) in [5.41, 5.74) is 9.03. The van der Waals surface area contributed by atoms with Crippen molar-refractivity contribution in [1.29, 1.82) is 0 Å². The molecule has 5 heteroatoms. The van der Waals surface area contributed by atoms with E-state index in [1.807, 2.05) is 45.2 Å². The Bertz CT molecular complexity index is 734. The second kappa shape index (κ2) is 6.25. The van der Waals surface area contributed by atoms with Crippen molar-refractivity contribution in [3.05, 3.63) is 46.8 Å². The molecule has 5 nitrogen and oxygen atoms in total. The quantitative estimate of drug-likeness (QED) is 0.822. The lowest BCUT2D eigenvalue weighted by molar-refractivity contribution is 0.102. The van der Waals surface area contributed by atoms with Gasteiger partial charge in [0.05, 0.1) is 17.8 Å². The Labute approximate surface area is 124 Å². The van der Waals surface area contributed by atoms with Crippen LogP contribution in [-0.4, -0.2) is 22.2 Å². The Morgan fingerprint density at radius 2 is 2.19 bits per heavy atom. The first kappa shape index (κ1) is 14.8. The Hall–Kier alpha value is -2.58. The van der Waals surface area contributed by atoms with Crippen LogP contribution in [0.1, 0.15) is 27.3 Å². The molecule has 0 atom stereocenters. The van der Waals surface area contributed by atoms with Gasteiger partial charge in [-0.25, -0.2) is 0 Å². The van der Waals surface area contributed by atoms with Crippen LogP contribution in [0.25, 0.3) is 0 Å². The van der Waals surface area contributed by atoms with Crippen LogP contribution >= 0.6 is 0 Å². The Balaban J connectivity index is 2.24. The summed E-state index contributed by atoms with van der Waals surface area (Å²) in [7, 11) is 1.82. The van der Waals surface area contributed by atoms with Crippen molar-refractivity contribution in [2.45, 2.75) is 13.8 Å². The van der Waals surface area contributed by atoms with E-state index in [1.165, 1.54) is 0 Å². The fraction of sp³-hybridized carbons (Fsp3) is 0.250. The van der Waals surface area contributed by atoms with E-state index in [0.717, 1.165) is 11.3 Å². The summed E-state index contributed by atoms with van der Waals surface area (Å²) in [5, 5.41) is 7.13. The average molecular weight is 282 g/mol. The lowest BCUT2D eigenvalue weighted by atomic mass is 10.1. The number of benzene rings is 1. The maximum absolute atomic E-state index is 12.4. The fourth-order valence-electron chi connectivity index (χ4n) is 2.12. The summed E-state index contributed by atoms with van der Waals surface area (Å²) in [6, 6.07) is 7.37. The Morgan fingerprint density at radius 3 is 2.81 bits per heavy atom. The summed E-state index contributed by atoms with van der Waals surface area (Å²) in [5.74, 6) is 5.57. The predicted molar refractivity (Wildman–Crippen MR) is 83.0 cm³/mol. The second-order valence-corrected chi connectivity index (χ2v) is 4.71. The van der Waals surface area contributed by atoms with Gasteiger partial charge in [0.25, 0.3) is 5.91 Å². The van der Waals surface area contributed by atoms with Crippen molar-refractivity contribution in [2.75, 3.05) is 11.9 Å². The van der Waals surface area contributed by atoms with E-state index in [4.69, 9.17) is 5.73 Å². The van der Waals surface area contributed by atoms with Crippen LogP contribution in [0.5, 0.6) is 0 Å². The molecule has 0 aliphatic heterocycles. The number of nitrogens with two attached hydrogens (primary N) is 1. The predicted octanol–water partition coefficient (Wildman–Crippen LogP) is 1.60. The van der Waals surface area contributed by atoms with Gasteiger partial charge in [-0.2, -0.15) is 5.10 Å². The molecule has 0 unspecified atom stereocenters. The number of nitrogens with one attached hydrogen (secondary N) is 1. The highest BCUT2D eigenvalue weighted by atomic mass is 16.1. The van der Waals surface area contributed by atoms with E-state index >= 15 is 0 Å². The van der Waals surface area contributed by atoms with E-state index in [1.54, 1.807) is 4.68 Å². The summed E-state index contributed by atoms with van der Waals surface area (Å²) in [6.45, 7) is 4.01. The number of nitrogens with zero attached hydrogens (tertiary/aromatic N) is 2. The van der Waals surface area contributed by atoms with Crippen molar-refractivity contribution in [3.8, 4) is 11.8 Å². The molecule has 0 fully saturated rings. The molecule has 0 saturated carbocycles. The van der Waals surface area contributed by atoms with E-state index in [0.29, 0.717) is 23.5 Å². The zero-order chi connectivity index (χ0) is 15.4. The number of carbonyl (C=O) groups excluding carboxylic acids is 1. The molecule has 3 N–H and O–H groups in total. The van der Waals surface area contributed by atoms with Gasteiger partial charge < -0.3 is 11.1 Å². The highest BCUT2D eigenvalue weighted by molar-refractivity contribution is 6.05. The van der Waals surface area contributed by atoms with Crippen LogP contribution in [0, 0.1) is 25.7 Å². The molecule has 1 aromatic heterocycles. The number of hydrogen-bond donors (Lipinski definition) is 2. The zero-order valence-electron chi connectivity index (χ0n) is 12.4. The van der Waals surface area contributed by atoms with Gasteiger partial charge in [0.2, 0.25) is 0 Å². The van der Waals surface area contributed by atoms with Crippen LogP contribution in [-0.2, 0) is 7.05 Å². The van der Waals surface area contributed by atoms with E-state index in [-0.39, 0.29) is 5.91 Å². The molecule has 108 valence electrons. The minimum absolute atomic E-state index is 0.165. The molecular weight excluding hydrogens is 264 g/mol. The van der Waals surface area contributed by atoms with Gasteiger partial charge in [0.1, 0.15) is 0 Å². The second-order valence-electron chi connectivity index (χ2n) is 4.71. The molecule has 1 amide bonds. The number of hydrogen-bond acceptors (Lipinski definition) is 3. The summed E-state index contributed by atoms with van der Waals surface area (Å²) in [4.78, 5) is 12.4. The molecule has 0 saturated heterocycles. The average Bonchev–Trinajstić information content (AvgIpc) is 2.70. The maximum Gasteiger partial charge on any atom is 0.259 e. The maximum atomic E-state index is 12.4. The number of anilines is 1. The molecule has 0 bridgehead atoms. The minimum Gasteiger partial charge on any atom is -0.322 e. The molecule has 21 heavy (non-hydrogen) atoms. The van der Waals surface area contributed by atoms with Crippen molar-refractivity contribution >= 4 is 11.6 Å². The summed E-state index contributed by atoms with van der Waals surface area (Å²) < 4.78 is 1.70. The van der Waals surface area contributed by atoms with Crippen LogP contribution in [0.2, 0.25) is 0 Å². The van der Waals surface area contributed by atoms with Gasteiger partial charge in [0.15, 0.2) is 0 Å². The van der Waals surface area contributed by atoms with Gasteiger partial charge in [-0.1, -0.05) is 17.9 Å². The van der Waals surface area contributed by atoms with Gasteiger partial charge in [0, 0.05) is 24.0 Å². The smallest absolute Gasteiger partial charge is 0.259 e. The van der Waals surface area contributed by atoms with Gasteiger partial charge >= 0.3 is 0 Å². The van der Waals surface area contributed by atoms with E-state index in [2.05, 4.69) is 22.3 Å². The molecule has 2 aromatic rings. The third-order valence-corrected chi connectivity index (χ3v) is 3.19. The highest BCUT2D eigenvalue weighted by Crippen LogP contribution is 2.16. The highest BCUT2D eigenvalue weighted by Gasteiger charge is 2.17. The monoisotopic (exact) mass is 282 g/mol. The van der Waals surface area contributed by atoms with Crippen molar-refractivity contribution in [1.82, 2.24) is 9.78 Å². The first-order valence-electron chi connectivity index (χ1n) is 6.63. The Kier molecular flexibility index (Phi) is 4.41. The van der Waals surface area contributed by atoms with E-state index < -0.39 is 0 Å². The van der Waals surface area contributed by atoms with E-state index in [9.17, 15) is 4.79 Å². The fourth-order valence-corrected chi connectivity index (χ4v) is 2.12. The standard InChI is InChI=1S/C16H18N4O/c1-11-15(12(2)20(3)19-11)16(21)18-14-8-4-6-13(10-14)7-5-9-17/h4,6,8,10H,9,17H2,1-3H3,(H,18,21). The first-order valence-corrected chi connectivity index (χ1v) is 6.63. The molecule has 0 aliphatic carbocycles. The van der Waals surface area contributed by atoms with Crippen LogP contribution in [0.4, 0.5) is 5.69 Å². The molecule has 1 heterocycles. The van der Waals surface area contributed by atoms with Crippen LogP contribution in [0.3, 0.4) is 0 Å². The van der Waals surface area contributed by atoms with Gasteiger partial charge in [-0.3, -0.25) is 9.48 Å². The minimum atomic E-state index is -0.165. The largest absolute Gasteiger partial charge is 0.322 e. The molecule has 1 aromatic carbocycles. The normalized spacial score (nSPS) is 9.90. The van der Waals surface area contributed by atoms with Crippen molar-refractivity contribution in [2.24, 2.45) is 12.8 Å². The number of aryl methyl sites for hydroxylation is 2. The molecular formula is C16H18N4O. The third kappa shape index (κ3) is 3.30. The van der Waals surface area contributed by atoms with Crippen molar-refractivity contribution < 1.29 is 4.79 Å². The number of amides is 1. The molecule has 2 rings (SSSR count). The zero-order valence-corrected chi connectivity index (χ0v) is 12.4. The SMILES string of the molecule is Cc1nn(C)c(C)c1C(=O)Nc1cccc(C#CCN)c1. The third-order valence-electron chi connectivity index (χ3n) is 3.19. The Morgan fingerprint density at radius 1 is 1.43 bits per heavy atom. The molecule has 0 aliphatic rings. The number of rotatable bonds is 2. The van der Waals surface area contributed by atoms with Crippen LogP contribution < -0.4 is 11.1 Å². The summed E-state index contributed by atoms with van der Waals surface area (Å²) >= 11 is 0. The number of carbonyl (C=O) groups is 1. The van der Waals surface area contributed by atoms with Gasteiger partial charge in [-0.15, -0.1) is 0 Å². The lowest BCUT2D eigenvalue weighted by Gasteiger charge is -2.06. The van der Waals surface area contributed by atoms with Crippen molar-refractivity contribution in [3.63, 3.8) is 0 Å². The molecule has 0 spiro atoms. The lowest BCUT2D eigenvalue weighted by Crippen LogP contribution is -2.14. The first-order chi connectivity index (χ1) is 10.0. The number of aromatic nitrogens is 2. The topological polar surface area (TPSA) is 72.9 Å².